The molecule has 0 radical (unpaired) electrons. The molecule has 0 saturated heterocycles. The third kappa shape index (κ3) is 4.84. The van der Waals surface area contributed by atoms with Crippen LogP contribution in [0.4, 0.5) is 0 Å². The van der Waals surface area contributed by atoms with Crippen LogP contribution in [0.1, 0.15) is 0 Å². The van der Waals surface area contributed by atoms with Crippen molar-refractivity contribution in [1.82, 2.24) is 19.9 Å². The lowest BCUT2D eigenvalue weighted by Crippen LogP contribution is -1.95. The second kappa shape index (κ2) is 12.4. The van der Waals surface area contributed by atoms with Crippen LogP contribution in [0.15, 0.2) is 182 Å². The first kappa shape index (κ1) is 29.8. The number of hydrogen-bond donors (Lipinski definition) is 0. The molecule has 4 heteroatoms. The zero-order valence-electron chi connectivity index (χ0n) is 28.1. The van der Waals surface area contributed by atoms with Crippen LogP contribution >= 0.6 is 0 Å². The van der Waals surface area contributed by atoms with Gasteiger partial charge in [0, 0.05) is 35.3 Å². The summed E-state index contributed by atoms with van der Waals surface area (Å²) in [6.07, 6.45) is 5.56. The molecule has 0 N–H and O–H groups in total. The Balaban J connectivity index is 1.30. The van der Waals surface area contributed by atoms with Crippen molar-refractivity contribution in [3.05, 3.63) is 182 Å². The predicted octanol–water partition coefficient (Wildman–Crippen LogP) is 12.2. The van der Waals surface area contributed by atoms with Gasteiger partial charge in [-0.2, -0.15) is 0 Å². The lowest BCUT2D eigenvalue weighted by atomic mass is 9.84. The van der Waals surface area contributed by atoms with Crippen LogP contribution in [0.3, 0.4) is 0 Å². The van der Waals surface area contributed by atoms with E-state index in [4.69, 9.17) is 15.0 Å². The van der Waals surface area contributed by atoms with Gasteiger partial charge >= 0.3 is 0 Å². The highest BCUT2D eigenvalue weighted by Gasteiger charge is 2.21. The fourth-order valence-electron chi connectivity index (χ4n) is 7.85. The van der Waals surface area contributed by atoms with Gasteiger partial charge in [0.2, 0.25) is 0 Å². The van der Waals surface area contributed by atoms with Crippen LogP contribution in [0, 0.1) is 0 Å². The number of benzene rings is 6. The predicted molar refractivity (Wildman–Crippen MR) is 215 cm³/mol. The smallest absolute Gasteiger partial charge is 0.0893 e. The summed E-state index contributed by atoms with van der Waals surface area (Å²) in [6.45, 7) is 0. The summed E-state index contributed by atoms with van der Waals surface area (Å²) in [5, 5.41) is 9.23. The third-order valence-electron chi connectivity index (χ3n) is 10.0. The Hall–Kier alpha value is -7.04. The molecule has 0 fully saturated rings. The molecule has 52 heavy (non-hydrogen) atoms. The summed E-state index contributed by atoms with van der Waals surface area (Å²) in [7, 11) is 0. The third-order valence-corrected chi connectivity index (χ3v) is 10.0. The van der Waals surface area contributed by atoms with Crippen molar-refractivity contribution in [2.75, 3.05) is 0 Å². The van der Waals surface area contributed by atoms with Gasteiger partial charge in [0.25, 0.3) is 0 Å². The molecule has 4 heterocycles. The molecule has 0 bridgehead atoms. The lowest BCUT2D eigenvalue weighted by molar-refractivity contribution is 1.25. The zero-order valence-corrected chi connectivity index (χ0v) is 28.1. The van der Waals surface area contributed by atoms with Gasteiger partial charge in [0.15, 0.2) is 0 Å². The van der Waals surface area contributed by atoms with Crippen LogP contribution in [0.2, 0.25) is 0 Å². The van der Waals surface area contributed by atoms with Gasteiger partial charge in [-0.3, -0.25) is 15.0 Å². The zero-order chi connectivity index (χ0) is 34.4. The fourth-order valence-corrected chi connectivity index (χ4v) is 7.85. The minimum Gasteiger partial charge on any atom is -0.256 e. The SMILES string of the molecule is c1ccc(-c2cccc(-c3c4ccccc4c(-c4ccc5c(-c6ccccn6)c6ccccc6c(-c6ccccn6)c5c4)c4ccccc34)n2)nc1. The molecule has 0 atom stereocenters. The van der Waals surface area contributed by atoms with E-state index in [1.807, 2.05) is 55.0 Å². The van der Waals surface area contributed by atoms with Crippen molar-refractivity contribution in [3.8, 4) is 56.3 Å². The highest BCUT2D eigenvalue weighted by atomic mass is 14.8. The normalized spacial score (nSPS) is 11.5. The molecule has 4 aromatic heterocycles. The van der Waals surface area contributed by atoms with Gasteiger partial charge in [-0.15, -0.1) is 0 Å². The van der Waals surface area contributed by atoms with Crippen molar-refractivity contribution in [3.63, 3.8) is 0 Å². The highest BCUT2D eigenvalue weighted by Crippen LogP contribution is 2.47. The molecule has 0 aliphatic heterocycles. The molecule has 0 saturated carbocycles. The molecule has 6 aromatic carbocycles. The van der Waals surface area contributed by atoms with E-state index in [-0.39, 0.29) is 0 Å². The molecule has 0 aliphatic rings. The summed E-state index contributed by atoms with van der Waals surface area (Å²) in [5.41, 5.74) is 10.2. The molecule has 0 amide bonds. The van der Waals surface area contributed by atoms with Crippen molar-refractivity contribution in [2.24, 2.45) is 0 Å². The number of aromatic nitrogens is 4. The Morgan fingerprint density at radius 1 is 0.250 bits per heavy atom. The maximum absolute atomic E-state index is 5.19. The van der Waals surface area contributed by atoms with Crippen LogP contribution in [0.5, 0.6) is 0 Å². The van der Waals surface area contributed by atoms with E-state index in [0.29, 0.717) is 0 Å². The van der Waals surface area contributed by atoms with Gasteiger partial charge in [-0.05, 0) is 109 Å². The molecule has 0 spiro atoms. The summed E-state index contributed by atoms with van der Waals surface area (Å²) in [5.74, 6) is 0. The monoisotopic (exact) mass is 662 g/mol. The molecule has 4 nitrogen and oxygen atoms in total. The molecule has 10 rings (SSSR count). The van der Waals surface area contributed by atoms with Crippen molar-refractivity contribution in [2.45, 2.75) is 0 Å². The quantitative estimate of drug-likeness (QED) is 0.172. The first-order valence-corrected chi connectivity index (χ1v) is 17.5. The molecule has 242 valence electrons. The van der Waals surface area contributed by atoms with E-state index >= 15 is 0 Å². The van der Waals surface area contributed by atoms with E-state index in [1.165, 1.54) is 16.3 Å². The van der Waals surface area contributed by atoms with Crippen molar-refractivity contribution < 1.29 is 0 Å². The standard InChI is InChI=1S/C48H30N4/c1-3-16-34-32(14-1)45(33-15-2-4-17-35(33)47(34)44-24-13-23-41(52-44)40-20-7-10-27-49-40)31-25-26-38-39(30-31)48(43-22-9-12-29-51-43)37-19-6-5-18-36(37)46(38)42-21-8-11-28-50-42/h1-30H. The lowest BCUT2D eigenvalue weighted by Gasteiger charge is -2.20. The Labute approximate surface area is 300 Å². The van der Waals surface area contributed by atoms with Crippen molar-refractivity contribution in [1.29, 1.82) is 0 Å². The maximum Gasteiger partial charge on any atom is 0.0893 e. The van der Waals surface area contributed by atoms with Crippen LogP contribution in [-0.2, 0) is 0 Å². The van der Waals surface area contributed by atoms with Crippen LogP contribution < -0.4 is 0 Å². The molecular formula is C48H30N4. The topological polar surface area (TPSA) is 51.6 Å². The fraction of sp³-hybridized carbons (Fsp3) is 0. The molecular weight excluding hydrogens is 633 g/mol. The number of pyridine rings is 4. The highest BCUT2D eigenvalue weighted by molar-refractivity contribution is 6.24. The molecule has 10 aromatic rings. The van der Waals surface area contributed by atoms with Gasteiger partial charge in [-0.1, -0.05) is 109 Å². The van der Waals surface area contributed by atoms with Gasteiger partial charge < -0.3 is 0 Å². The van der Waals surface area contributed by atoms with E-state index in [0.717, 1.165) is 83.0 Å². The molecule has 0 aliphatic carbocycles. The van der Waals surface area contributed by atoms with Gasteiger partial charge in [0.05, 0.1) is 28.5 Å². The summed E-state index contributed by atoms with van der Waals surface area (Å²) >= 11 is 0. The average Bonchev–Trinajstić information content (AvgIpc) is 3.22. The van der Waals surface area contributed by atoms with Gasteiger partial charge in [-0.25, -0.2) is 4.98 Å². The molecule has 0 unspecified atom stereocenters. The minimum absolute atomic E-state index is 0.850. The van der Waals surface area contributed by atoms with E-state index in [2.05, 4.69) is 132 Å². The number of rotatable bonds is 5. The second-order valence-electron chi connectivity index (χ2n) is 13.0. The van der Waals surface area contributed by atoms with Gasteiger partial charge in [0.1, 0.15) is 0 Å². The first-order valence-electron chi connectivity index (χ1n) is 17.5. The van der Waals surface area contributed by atoms with E-state index in [9.17, 15) is 0 Å². The number of nitrogens with zero attached hydrogens (tertiary/aromatic N) is 4. The number of fused-ring (bicyclic) bond motifs is 4. The average molecular weight is 663 g/mol. The first-order chi connectivity index (χ1) is 25.8. The summed E-state index contributed by atoms with van der Waals surface area (Å²) in [6, 6.07) is 57.5. The Morgan fingerprint density at radius 3 is 1.13 bits per heavy atom. The second-order valence-corrected chi connectivity index (χ2v) is 13.0. The minimum atomic E-state index is 0.850. The van der Waals surface area contributed by atoms with E-state index in [1.54, 1.807) is 0 Å². The largest absolute Gasteiger partial charge is 0.256 e. The Bertz CT molecular complexity index is 2880. The van der Waals surface area contributed by atoms with Crippen LogP contribution in [0.25, 0.3) is 99.4 Å². The van der Waals surface area contributed by atoms with E-state index < -0.39 is 0 Å². The Morgan fingerprint density at radius 2 is 0.635 bits per heavy atom. The maximum atomic E-state index is 5.19. The van der Waals surface area contributed by atoms with Crippen LogP contribution in [-0.4, -0.2) is 19.9 Å². The number of hydrogen-bond acceptors (Lipinski definition) is 4. The summed E-state index contributed by atoms with van der Waals surface area (Å²) in [4.78, 5) is 19.5. The Kier molecular flexibility index (Phi) is 7.10. The summed E-state index contributed by atoms with van der Waals surface area (Å²) < 4.78 is 0. The van der Waals surface area contributed by atoms with Crippen molar-refractivity contribution >= 4 is 43.1 Å².